The van der Waals surface area contributed by atoms with E-state index in [1.807, 2.05) is 18.2 Å². The fraction of sp³-hybridized carbons (Fsp3) is 0.667. The van der Waals surface area contributed by atoms with E-state index < -0.39 is 0 Å². The molecule has 1 unspecified atom stereocenters. The highest BCUT2D eigenvalue weighted by molar-refractivity contribution is 5.77. The van der Waals surface area contributed by atoms with Gasteiger partial charge in [0.15, 0.2) is 17.5 Å². The lowest BCUT2D eigenvalue weighted by Gasteiger charge is -2.23. The zero-order chi connectivity index (χ0) is 19.1. The van der Waals surface area contributed by atoms with Crippen LogP contribution in [0.15, 0.2) is 23.2 Å². The number of para-hydroxylation sites is 1. The number of ether oxygens (including phenoxy) is 2. The molecule has 3 N–H and O–H groups in total. The minimum absolute atomic E-state index is 0.280. The molecule has 150 valence electrons. The summed E-state index contributed by atoms with van der Waals surface area (Å²) in [4.78, 5) is 7.04. The first-order valence-electron chi connectivity index (χ1n) is 10.3. The van der Waals surface area contributed by atoms with E-state index in [0.717, 1.165) is 43.0 Å². The second-order valence-electron chi connectivity index (χ2n) is 7.48. The third kappa shape index (κ3) is 5.28. The minimum Gasteiger partial charge on any atom is -0.493 e. The maximum Gasteiger partial charge on any atom is 0.188 e. The molecule has 0 bridgehead atoms. The average Bonchev–Trinajstić information content (AvgIpc) is 3.36. The van der Waals surface area contributed by atoms with E-state index in [1.165, 1.54) is 32.2 Å². The Morgan fingerprint density at radius 3 is 2.81 bits per heavy atom. The van der Waals surface area contributed by atoms with Gasteiger partial charge in [-0.1, -0.05) is 19.1 Å². The van der Waals surface area contributed by atoms with Crippen LogP contribution in [0.5, 0.6) is 11.5 Å². The van der Waals surface area contributed by atoms with Crippen molar-refractivity contribution in [2.45, 2.75) is 64.1 Å². The van der Waals surface area contributed by atoms with Gasteiger partial charge in [0.1, 0.15) is 0 Å². The molecule has 2 fully saturated rings. The summed E-state index contributed by atoms with van der Waals surface area (Å²) in [6, 6.07) is 6.52. The molecule has 1 aromatic rings. The molecule has 0 amide bonds. The molecule has 1 aromatic carbocycles. The second-order valence-corrected chi connectivity index (χ2v) is 7.48. The smallest absolute Gasteiger partial charge is 0.188 e. The Morgan fingerprint density at radius 1 is 1.26 bits per heavy atom. The molecule has 1 aliphatic heterocycles. The van der Waals surface area contributed by atoms with Gasteiger partial charge < -0.3 is 20.5 Å². The molecule has 1 saturated carbocycles. The lowest BCUT2D eigenvalue weighted by molar-refractivity contribution is 0.198. The number of guanidine groups is 1. The van der Waals surface area contributed by atoms with Crippen LogP contribution >= 0.6 is 0 Å². The first kappa shape index (κ1) is 19.8. The molecule has 0 spiro atoms. The minimum atomic E-state index is 0.280. The number of methoxy groups -OCH3 is 1. The lowest BCUT2D eigenvalue weighted by atomic mass is 10.1. The summed E-state index contributed by atoms with van der Waals surface area (Å²) in [6.07, 6.45) is 7.47. The van der Waals surface area contributed by atoms with Crippen molar-refractivity contribution in [2.75, 3.05) is 26.7 Å². The van der Waals surface area contributed by atoms with Gasteiger partial charge in [-0.25, -0.2) is 4.99 Å². The zero-order valence-corrected chi connectivity index (χ0v) is 16.7. The number of rotatable bonds is 8. The fourth-order valence-corrected chi connectivity index (χ4v) is 4.14. The molecule has 1 heterocycles. The summed E-state index contributed by atoms with van der Waals surface area (Å²) in [6.45, 7) is 5.83. The summed E-state index contributed by atoms with van der Waals surface area (Å²) in [5.74, 6) is 2.08. The number of hydrogen-bond donors (Lipinski definition) is 2. The summed E-state index contributed by atoms with van der Waals surface area (Å²) >= 11 is 0. The quantitative estimate of drug-likeness (QED) is 0.541. The Bertz CT molecular complexity index is 629. The Hall–Kier alpha value is -1.95. The number of likely N-dealkylation sites (N-methyl/N-ethyl adjacent to an activating group) is 1. The van der Waals surface area contributed by atoms with Gasteiger partial charge in [0.05, 0.1) is 19.8 Å². The first-order valence-corrected chi connectivity index (χ1v) is 10.3. The van der Waals surface area contributed by atoms with Gasteiger partial charge in [0.25, 0.3) is 0 Å². The van der Waals surface area contributed by atoms with Gasteiger partial charge in [0, 0.05) is 18.2 Å². The van der Waals surface area contributed by atoms with E-state index in [4.69, 9.17) is 15.2 Å². The summed E-state index contributed by atoms with van der Waals surface area (Å²) in [5.41, 5.74) is 7.13. The Morgan fingerprint density at radius 2 is 2.07 bits per heavy atom. The SMILES string of the molecule is CCN1CCCC1CNC(N)=NCc1cccc(OC)c1OC1CCCC1. The van der Waals surface area contributed by atoms with Crippen LogP contribution in [0.1, 0.15) is 51.0 Å². The second kappa shape index (κ2) is 9.83. The highest BCUT2D eigenvalue weighted by Crippen LogP contribution is 2.35. The van der Waals surface area contributed by atoms with Crippen LogP contribution in [0, 0.1) is 0 Å². The maximum absolute atomic E-state index is 6.27. The number of likely N-dealkylation sites (tertiary alicyclic amines) is 1. The van der Waals surface area contributed by atoms with Crippen LogP contribution in [0.4, 0.5) is 0 Å². The molecular formula is C21H34N4O2. The fourth-order valence-electron chi connectivity index (χ4n) is 4.14. The average molecular weight is 375 g/mol. The number of benzene rings is 1. The predicted molar refractivity (Wildman–Crippen MR) is 109 cm³/mol. The maximum atomic E-state index is 6.27. The number of aliphatic imine (C=N–C) groups is 1. The van der Waals surface area contributed by atoms with Gasteiger partial charge in [-0.2, -0.15) is 0 Å². The Balaban J connectivity index is 1.61. The van der Waals surface area contributed by atoms with Crippen LogP contribution in [0.25, 0.3) is 0 Å². The zero-order valence-electron chi connectivity index (χ0n) is 16.7. The summed E-state index contributed by atoms with van der Waals surface area (Å²) in [7, 11) is 1.68. The van der Waals surface area contributed by atoms with Crippen molar-refractivity contribution >= 4 is 5.96 Å². The molecule has 3 rings (SSSR count). The number of hydrogen-bond acceptors (Lipinski definition) is 4. The molecule has 6 nitrogen and oxygen atoms in total. The first-order chi connectivity index (χ1) is 13.2. The van der Waals surface area contributed by atoms with E-state index in [2.05, 4.69) is 22.1 Å². The van der Waals surface area contributed by atoms with Gasteiger partial charge in [0.2, 0.25) is 0 Å². The highest BCUT2D eigenvalue weighted by Gasteiger charge is 2.23. The molecule has 0 aromatic heterocycles. The van der Waals surface area contributed by atoms with E-state index in [9.17, 15) is 0 Å². The van der Waals surface area contributed by atoms with Crippen molar-refractivity contribution in [3.05, 3.63) is 23.8 Å². The van der Waals surface area contributed by atoms with E-state index >= 15 is 0 Å². The van der Waals surface area contributed by atoms with E-state index in [-0.39, 0.29) is 6.10 Å². The van der Waals surface area contributed by atoms with Crippen LogP contribution in [-0.2, 0) is 6.54 Å². The standard InChI is InChI=1S/C21H34N4O2/c1-3-25-13-7-9-17(25)15-24-21(22)23-14-16-8-6-12-19(26-2)20(16)27-18-10-4-5-11-18/h6,8,12,17-18H,3-5,7,9-11,13-15H2,1-2H3,(H3,22,23,24). The molecule has 1 aliphatic carbocycles. The van der Waals surface area contributed by atoms with E-state index in [0.29, 0.717) is 18.5 Å². The molecular weight excluding hydrogens is 340 g/mol. The van der Waals surface area contributed by atoms with Crippen LogP contribution < -0.4 is 20.5 Å². The van der Waals surface area contributed by atoms with E-state index in [1.54, 1.807) is 7.11 Å². The molecule has 1 saturated heterocycles. The normalized spacial score (nSPS) is 21.6. The predicted octanol–water partition coefficient (Wildman–Crippen LogP) is 2.91. The Kier molecular flexibility index (Phi) is 7.21. The van der Waals surface area contributed by atoms with Crippen LogP contribution in [0.2, 0.25) is 0 Å². The largest absolute Gasteiger partial charge is 0.493 e. The molecule has 0 radical (unpaired) electrons. The molecule has 2 aliphatic rings. The van der Waals surface area contributed by atoms with Gasteiger partial charge >= 0.3 is 0 Å². The van der Waals surface area contributed by atoms with Gasteiger partial charge in [-0.3, -0.25) is 4.90 Å². The van der Waals surface area contributed by atoms with Crippen LogP contribution in [-0.4, -0.2) is 49.7 Å². The van der Waals surface area contributed by atoms with Crippen molar-refractivity contribution in [1.82, 2.24) is 10.2 Å². The molecule has 1 atom stereocenters. The van der Waals surface area contributed by atoms with Gasteiger partial charge in [-0.15, -0.1) is 0 Å². The van der Waals surface area contributed by atoms with Crippen molar-refractivity contribution in [3.8, 4) is 11.5 Å². The number of nitrogens with one attached hydrogen (secondary N) is 1. The Labute approximate surface area is 163 Å². The monoisotopic (exact) mass is 374 g/mol. The summed E-state index contributed by atoms with van der Waals surface area (Å²) in [5, 5.41) is 3.29. The van der Waals surface area contributed by atoms with Crippen molar-refractivity contribution in [3.63, 3.8) is 0 Å². The topological polar surface area (TPSA) is 72.1 Å². The molecule has 6 heteroatoms. The number of nitrogens with two attached hydrogens (primary N) is 1. The van der Waals surface area contributed by atoms with Crippen molar-refractivity contribution in [1.29, 1.82) is 0 Å². The van der Waals surface area contributed by atoms with Crippen molar-refractivity contribution in [2.24, 2.45) is 10.7 Å². The van der Waals surface area contributed by atoms with Gasteiger partial charge in [-0.05, 0) is 57.7 Å². The summed E-state index contributed by atoms with van der Waals surface area (Å²) < 4.78 is 11.8. The third-order valence-electron chi connectivity index (χ3n) is 5.71. The third-order valence-corrected chi connectivity index (χ3v) is 5.71. The lowest BCUT2D eigenvalue weighted by Crippen LogP contribution is -2.42. The highest BCUT2D eigenvalue weighted by atomic mass is 16.5. The number of nitrogens with zero attached hydrogens (tertiary/aromatic N) is 2. The van der Waals surface area contributed by atoms with Crippen LogP contribution in [0.3, 0.4) is 0 Å². The molecule has 27 heavy (non-hydrogen) atoms. The van der Waals surface area contributed by atoms with Crippen molar-refractivity contribution < 1.29 is 9.47 Å².